The number of aliphatic imine (C=N–C) groups is 1. The molecule has 1 aromatic carbocycles. The summed E-state index contributed by atoms with van der Waals surface area (Å²) in [5, 5.41) is 3.35. The van der Waals surface area contributed by atoms with Crippen LogP contribution in [0.3, 0.4) is 0 Å². The van der Waals surface area contributed by atoms with E-state index in [0.717, 1.165) is 31.2 Å². The van der Waals surface area contributed by atoms with Gasteiger partial charge in [0.15, 0.2) is 5.96 Å². The van der Waals surface area contributed by atoms with Crippen LogP contribution in [0.2, 0.25) is 0 Å². The summed E-state index contributed by atoms with van der Waals surface area (Å²) in [6.45, 7) is 10.2. The van der Waals surface area contributed by atoms with E-state index in [4.69, 9.17) is 0 Å². The summed E-state index contributed by atoms with van der Waals surface area (Å²) in [7, 11) is 0. The first kappa shape index (κ1) is 19.2. The Labute approximate surface area is 150 Å². The highest BCUT2D eigenvalue weighted by Crippen LogP contribution is 2.28. The zero-order valence-corrected chi connectivity index (χ0v) is 16.1. The van der Waals surface area contributed by atoms with Gasteiger partial charge in [-0.15, -0.1) is 24.0 Å². The molecule has 1 aliphatic heterocycles. The third-order valence-electron chi connectivity index (χ3n) is 3.91. The van der Waals surface area contributed by atoms with E-state index < -0.39 is 0 Å². The molecule has 1 aliphatic rings. The first-order valence-corrected chi connectivity index (χ1v) is 7.78. The van der Waals surface area contributed by atoms with Gasteiger partial charge in [0.1, 0.15) is 5.82 Å². The lowest BCUT2D eigenvalue weighted by molar-refractivity contribution is 0.370. The zero-order valence-electron chi connectivity index (χ0n) is 13.7. The van der Waals surface area contributed by atoms with Crippen molar-refractivity contribution in [1.82, 2.24) is 10.2 Å². The summed E-state index contributed by atoms with van der Waals surface area (Å²) >= 11 is 0. The van der Waals surface area contributed by atoms with E-state index in [-0.39, 0.29) is 29.8 Å². The van der Waals surface area contributed by atoms with Crippen LogP contribution in [-0.2, 0) is 6.42 Å². The number of rotatable bonds is 4. The monoisotopic (exact) mass is 419 g/mol. The highest BCUT2D eigenvalue weighted by atomic mass is 127. The van der Waals surface area contributed by atoms with Crippen LogP contribution in [0.1, 0.15) is 32.8 Å². The van der Waals surface area contributed by atoms with Gasteiger partial charge in [-0.3, -0.25) is 4.99 Å². The Balaban J connectivity index is 0.00000242. The Morgan fingerprint density at radius 2 is 2.09 bits per heavy atom. The smallest absolute Gasteiger partial charge is 0.193 e. The summed E-state index contributed by atoms with van der Waals surface area (Å²) in [5.41, 5.74) is 1.08. The summed E-state index contributed by atoms with van der Waals surface area (Å²) in [5.74, 6) is 0.819. The van der Waals surface area contributed by atoms with Gasteiger partial charge in [-0.2, -0.15) is 0 Å². The largest absolute Gasteiger partial charge is 0.357 e. The molecule has 1 aromatic rings. The molecular formula is C17H27FIN3. The minimum atomic E-state index is -0.139. The summed E-state index contributed by atoms with van der Waals surface area (Å²) in [6.07, 6.45) is 1.82. The number of halogens is 2. The number of hydrogen-bond acceptors (Lipinski definition) is 1. The molecule has 1 fully saturated rings. The van der Waals surface area contributed by atoms with Gasteiger partial charge in [-0.25, -0.2) is 4.39 Å². The standard InChI is InChI=1S/C17H26FN3.HI/c1-4-19-16(21-12-10-17(2,3)13-21)20-11-9-14-7-5-6-8-15(14)18;/h5-8H,4,9-13H2,1-3H3,(H,19,20);1H. The van der Waals surface area contributed by atoms with Crippen molar-refractivity contribution in [1.29, 1.82) is 0 Å². The number of guanidine groups is 1. The minimum Gasteiger partial charge on any atom is -0.357 e. The highest BCUT2D eigenvalue weighted by Gasteiger charge is 2.30. The van der Waals surface area contributed by atoms with Crippen LogP contribution in [0.15, 0.2) is 29.3 Å². The molecule has 0 bridgehead atoms. The summed E-state index contributed by atoms with van der Waals surface area (Å²) in [6, 6.07) is 6.93. The quantitative estimate of drug-likeness (QED) is 0.458. The van der Waals surface area contributed by atoms with E-state index in [9.17, 15) is 4.39 Å². The second-order valence-corrected chi connectivity index (χ2v) is 6.41. The molecule has 22 heavy (non-hydrogen) atoms. The van der Waals surface area contributed by atoms with E-state index in [1.54, 1.807) is 6.07 Å². The van der Waals surface area contributed by atoms with Gasteiger partial charge in [0, 0.05) is 26.2 Å². The first-order chi connectivity index (χ1) is 10.0. The fraction of sp³-hybridized carbons (Fsp3) is 0.588. The lowest BCUT2D eigenvalue weighted by Crippen LogP contribution is -2.40. The van der Waals surface area contributed by atoms with Crippen molar-refractivity contribution >= 4 is 29.9 Å². The average molecular weight is 419 g/mol. The van der Waals surface area contributed by atoms with Gasteiger partial charge in [0.05, 0.1) is 0 Å². The van der Waals surface area contributed by atoms with Crippen molar-refractivity contribution in [3.8, 4) is 0 Å². The molecule has 2 rings (SSSR count). The number of nitrogens with zero attached hydrogens (tertiary/aromatic N) is 2. The molecule has 1 heterocycles. The van der Waals surface area contributed by atoms with Crippen molar-refractivity contribution in [2.75, 3.05) is 26.2 Å². The topological polar surface area (TPSA) is 27.6 Å². The second-order valence-electron chi connectivity index (χ2n) is 6.41. The lowest BCUT2D eigenvalue weighted by atomic mass is 9.93. The molecule has 1 N–H and O–H groups in total. The average Bonchev–Trinajstić information content (AvgIpc) is 2.80. The number of likely N-dealkylation sites (tertiary alicyclic amines) is 1. The van der Waals surface area contributed by atoms with Gasteiger partial charge >= 0.3 is 0 Å². The van der Waals surface area contributed by atoms with Crippen molar-refractivity contribution in [3.05, 3.63) is 35.6 Å². The fourth-order valence-corrected chi connectivity index (χ4v) is 2.70. The highest BCUT2D eigenvalue weighted by molar-refractivity contribution is 14.0. The molecular weight excluding hydrogens is 392 g/mol. The third-order valence-corrected chi connectivity index (χ3v) is 3.91. The van der Waals surface area contributed by atoms with E-state index in [2.05, 4.69) is 36.0 Å². The molecule has 124 valence electrons. The molecule has 0 unspecified atom stereocenters. The molecule has 0 saturated carbocycles. The van der Waals surface area contributed by atoms with Gasteiger partial charge in [-0.05, 0) is 36.8 Å². The zero-order chi connectivity index (χ0) is 15.3. The molecule has 1 saturated heterocycles. The minimum absolute atomic E-state index is 0. The van der Waals surface area contributed by atoms with Gasteiger partial charge < -0.3 is 10.2 Å². The van der Waals surface area contributed by atoms with E-state index in [0.29, 0.717) is 18.4 Å². The number of hydrogen-bond donors (Lipinski definition) is 1. The van der Waals surface area contributed by atoms with Crippen LogP contribution >= 0.6 is 24.0 Å². The maximum absolute atomic E-state index is 13.6. The molecule has 0 spiro atoms. The molecule has 3 nitrogen and oxygen atoms in total. The summed E-state index contributed by atoms with van der Waals surface area (Å²) in [4.78, 5) is 6.97. The third kappa shape index (κ3) is 5.41. The molecule has 0 radical (unpaired) electrons. The Hall–Kier alpha value is -0.850. The first-order valence-electron chi connectivity index (χ1n) is 7.78. The van der Waals surface area contributed by atoms with Gasteiger partial charge in [0.25, 0.3) is 0 Å². The lowest BCUT2D eigenvalue weighted by Gasteiger charge is -2.23. The van der Waals surface area contributed by atoms with Crippen molar-refractivity contribution in [2.45, 2.75) is 33.6 Å². The van der Waals surface area contributed by atoms with Crippen LogP contribution in [0.5, 0.6) is 0 Å². The van der Waals surface area contributed by atoms with Crippen molar-refractivity contribution in [3.63, 3.8) is 0 Å². The number of benzene rings is 1. The molecule has 0 atom stereocenters. The van der Waals surface area contributed by atoms with Gasteiger partial charge in [0.2, 0.25) is 0 Å². The molecule has 5 heteroatoms. The van der Waals surface area contributed by atoms with Crippen LogP contribution in [0, 0.1) is 11.2 Å². The Kier molecular flexibility index (Phi) is 7.59. The van der Waals surface area contributed by atoms with Crippen molar-refractivity contribution < 1.29 is 4.39 Å². The van der Waals surface area contributed by atoms with Crippen LogP contribution < -0.4 is 5.32 Å². The van der Waals surface area contributed by atoms with Crippen LogP contribution in [0.4, 0.5) is 4.39 Å². The summed E-state index contributed by atoms with van der Waals surface area (Å²) < 4.78 is 13.6. The predicted octanol–water partition coefficient (Wildman–Crippen LogP) is 3.68. The van der Waals surface area contributed by atoms with E-state index in [1.807, 2.05) is 12.1 Å². The van der Waals surface area contributed by atoms with E-state index in [1.165, 1.54) is 12.5 Å². The van der Waals surface area contributed by atoms with E-state index >= 15 is 0 Å². The maximum atomic E-state index is 13.6. The molecule has 0 aromatic heterocycles. The Bertz CT molecular complexity index is 502. The van der Waals surface area contributed by atoms with Crippen molar-refractivity contribution in [2.24, 2.45) is 10.4 Å². The van der Waals surface area contributed by atoms with Crippen LogP contribution in [0.25, 0.3) is 0 Å². The molecule has 0 amide bonds. The Morgan fingerprint density at radius 1 is 1.36 bits per heavy atom. The van der Waals surface area contributed by atoms with Gasteiger partial charge in [-0.1, -0.05) is 32.0 Å². The maximum Gasteiger partial charge on any atom is 0.193 e. The Morgan fingerprint density at radius 3 is 2.68 bits per heavy atom. The fourth-order valence-electron chi connectivity index (χ4n) is 2.70. The SMILES string of the molecule is CCNC(=NCCc1ccccc1F)N1CCC(C)(C)C1.I. The number of nitrogens with one attached hydrogen (secondary N) is 1. The van der Waals surface area contributed by atoms with Crippen LogP contribution in [-0.4, -0.2) is 37.0 Å². The predicted molar refractivity (Wildman–Crippen MR) is 101 cm³/mol. The molecule has 0 aliphatic carbocycles. The second kappa shape index (κ2) is 8.70. The normalized spacial score (nSPS) is 17.3.